The summed E-state index contributed by atoms with van der Waals surface area (Å²) in [5, 5.41) is 2.79. The van der Waals surface area contributed by atoms with Crippen LogP contribution in [0.3, 0.4) is 0 Å². The van der Waals surface area contributed by atoms with Crippen LogP contribution in [0.1, 0.15) is 45.7 Å². The smallest absolute Gasteiger partial charge is 0.248 e. The van der Waals surface area contributed by atoms with Crippen molar-refractivity contribution in [2.75, 3.05) is 0 Å². The molecule has 2 rings (SSSR count). The molecule has 3 unspecified atom stereocenters. The molecular formula is C17H24N2O2. The predicted octanol–water partition coefficient (Wildman–Crippen LogP) is 2.51. The number of carbonyl (C=O) groups excluding carboxylic acids is 2. The zero-order valence-electron chi connectivity index (χ0n) is 13.2. The molecule has 4 heteroatoms. The summed E-state index contributed by atoms with van der Waals surface area (Å²) in [6.45, 7) is 8.04. The van der Waals surface area contributed by atoms with E-state index in [1.807, 2.05) is 37.3 Å². The summed E-state index contributed by atoms with van der Waals surface area (Å²) in [5.41, 5.74) is 0.867. The molecule has 1 saturated heterocycles. The van der Waals surface area contributed by atoms with E-state index < -0.39 is 12.1 Å². The lowest BCUT2D eigenvalue weighted by molar-refractivity contribution is -0.152. The van der Waals surface area contributed by atoms with Crippen molar-refractivity contribution < 1.29 is 9.59 Å². The van der Waals surface area contributed by atoms with Gasteiger partial charge in [-0.1, -0.05) is 44.2 Å². The van der Waals surface area contributed by atoms with E-state index in [-0.39, 0.29) is 17.9 Å². The van der Waals surface area contributed by atoms with Gasteiger partial charge in [0.15, 0.2) is 0 Å². The molecule has 1 aromatic carbocycles. The lowest BCUT2D eigenvalue weighted by Gasteiger charge is -2.42. The minimum absolute atomic E-state index is 0.00315. The molecule has 2 amide bonds. The number of benzene rings is 1. The summed E-state index contributed by atoms with van der Waals surface area (Å²) >= 11 is 0. The largest absolute Gasteiger partial charge is 0.342 e. The fourth-order valence-electron chi connectivity index (χ4n) is 3.05. The van der Waals surface area contributed by atoms with Gasteiger partial charge in [0, 0.05) is 6.04 Å². The van der Waals surface area contributed by atoms with Crippen molar-refractivity contribution in [2.24, 2.45) is 5.92 Å². The Morgan fingerprint density at radius 1 is 1.14 bits per heavy atom. The van der Waals surface area contributed by atoms with Crippen LogP contribution in [0.2, 0.25) is 0 Å². The first-order chi connectivity index (χ1) is 9.91. The molecule has 1 aliphatic heterocycles. The average molecular weight is 288 g/mol. The molecule has 1 N–H and O–H groups in total. The first-order valence-electron chi connectivity index (χ1n) is 7.59. The van der Waals surface area contributed by atoms with Crippen molar-refractivity contribution in [2.45, 2.75) is 52.2 Å². The molecule has 21 heavy (non-hydrogen) atoms. The van der Waals surface area contributed by atoms with Crippen molar-refractivity contribution >= 4 is 11.8 Å². The maximum Gasteiger partial charge on any atom is 0.248 e. The molecule has 1 aromatic rings. The maximum absolute atomic E-state index is 12.6. The third kappa shape index (κ3) is 3.26. The van der Waals surface area contributed by atoms with Gasteiger partial charge in [-0.15, -0.1) is 0 Å². The first-order valence-corrected chi connectivity index (χ1v) is 7.59. The van der Waals surface area contributed by atoms with Gasteiger partial charge in [-0.3, -0.25) is 9.59 Å². The van der Waals surface area contributed by atoms with Gasteiger partial charge in [0.1, 0.15) is 12.1 Å². The van der Waals surface area contributed by atoms with Gasteiger partial charge < -0.3 is 10.2 Å². The lowest BCUT2D eigenvalue weighted by atomic mass is 9.95. The quantitative estimate of drug-likeness (QED) is 0.925. The molecule has 0 saturated carbocycles. The van der Waals surface area contributed by atoms with Crippen LogP contribution < -0.4 is 5.32 Å². The van der Waals surface area contributed by atoms with Crippen LogP contribution in [0.4, 0.5) is 0 Å². The lowest BCUT2D eigenvalue weighted by Crippen LogP contribution is -2.60. The van der Waals surface area contributed by atoms with Crippen LogP contribution in [-0.2, 0) is 9.59 Å². The molecule has 0 radical (unpaired) electrons. The SMILES string of the molecule is CC(C)CC(C)N1C(=O)C(C)NC(=O)C1c1ccccc1. The van der Waals surface area contributed by atoms with Gasteiger partial charge in [-0.05, 0) is 31.7 Å². The second kappa shape index (κ2) is 6.29. The fourth-order valence-corrected chi connectivity index (χ4v) is 3.05. The van der Waals surface area contributed by atoms with E-state index in [9.17, 15) is 9.59 Å². The normalized spacial score (nSPS) is 24.1. The Morgan fingerprint density at radius 2 is 1.76 bits per heavy atom. The van der Waals surface area contributed by atoms with Gasteiger partial charge in [-0.25, -0.2) is 0 Å². The fraction of sp³-hybridized carbons (Fsp3) is 0.529. The Hall–Kier alpha value is -1.84. The van der Waals surface area contributed by atoms with E-state index in [1.165, 1.54) is 0 Å². The molecule has 0 spiro atoms. The summed E-state index contributed by atoms with van der Waals surface area (Å²) in [6.07, 6.45) is 0.884. The van der Waals surface area contributed by atoms with Crippen LogP contribution >= 0.6 is 0 Å². The van der Waals surface area contributed by atoms with E-state index in [2.05, 4.69) is 19.2 Å². The third-order valence-corrected chi connectivity index (χ3v) is 3.91. The topological polar surface area (TPSA) is 49.4 Å². The van der Waals surface area contributed by atoms with Crippen LogP contribution in [0, 0.1) is 5.92 Å². The number of amides is 2. The molecule has 0 aliphatic carbocycles. The predicted molar refractivity (Wildman–Crippen MR) is 82.6 cm³/mol. The highest BCUT2D eigenvalue weighted by Crippen LogP contribution is 2.29. The van der Waals surface area contributed by atoms with Gasteiger partial charge >= 0.3 is 0 Å². The molecule has 1 heterocycles. The molecule has 0 bridgehead atoms. The highest BCUT2D eigenvalue weighted by molar-refractivity contribution is 5.97. The Morgan fingerprint density at radius 3 is 2.33 bits per heavy atom. The summed E-state index contributed by atoms with van der Waals surface area (Å²) in [7, 11) is 0. The number of hydrogen-bond donors (Lipinski definition) is 1. The molecule has 3 atom stereocenters. The van der Waals surface area contributed by atoms with Gasteiger partial charge in [-0.2, -0.15) is 0 Å². The van der Waals surface area contributed by atoms with Crippen molar-refractivity contribution in [1.82, 2.24) is 10.2 Å². The number of carbonyl (C=O) groups is 2. The number of nitrogens with zero attached hydrogens (tertiary/aromatic N) is 1. The number of nitrogens with one attached hydrogen (secondary N) is 1. The maximum atomic E-state index is 12.6. The summed E-state index contributed by atoms with van der Waals surface area (Å²) in [4.78, 5) is 26.8. The van der Waals surface area contributed by atoms with Crippen LogP contribution in [0.5, 0.6) is 0 Å². The highest BCUT2D eigenvalue weighted by Gasteiger charge is 2.41. The second-order valence-electron chi connectivity index (χ2n) is 6.27. The van der Waals surface area contributed by atoms with Gasteiger partial charge in [0.25, 0.3) is 0 Å². The number of rotatable bonds is 4. The van der Waals surface area contributed by atoms with E-state index in [0.29, 0.717) is 5.92 Å². The Bertz CT molecular complexity index is 513. The monoisotopic (exact) mass is 288 g/mol. The zero-order valence-corrected chi connectivity index (χ0v) is 13.2. The van der Waals surface area contributed by atoms with Crippen molar-refractivity contribution in [1.29, 1.82) is 0 Å². The third-order valence-electron chi connectivity index (χ3n) is 3.91. The molecule has 1 fully saturated rings. The zero-order chi connectivity index (χ0) is 15.6. The Balaban J connectivity index is 2.37. The standard InChI is InChI=1S/C17H24N2O2/c1-11(2)10-12(3)19-15(14-8-6-5-7-9-14)16(20)18-13(4)17(19)21/h5-9,11-13,15H,10H2,1-4H3,(H,18,20). The van der Waals surface area contributed by atoms with Crippen molar-refractivity contribution in [3.05, 3.63) is 35.9 Å². The van der Waals surface area contributed by atoms with E-state index in [1.54, 1.807) is 11.8 Å². The highest BCUT2D eigenvalue weighted by atomic mass is 16.2. The second-order valence-corrected chi connectivity index (χ2v) is 6.27. The molecular weight excluding hydrogens is 264 g/mol. The molecule has 1 aliphatic rings. The van der Waals surface area contributed by atoms with Crippen LogP contribution in [0.25, 0.3) is 0 Å². The summed E-state index contributed by atoms with van der Waals surface area (Å²) in [6, 6.07) is 8.58. The molecule has 0 aromatic heterocycles. The minimum Gasteiger partial charge on any atom is -0.342 e. The molecule has 114 valence electrons. The number of hydrogen-bond acceptors (Lipinski definition) is 2. The van der Waals surface area contributed by atoms with Gasteiger partial charge in [0.05, 0.1) is 0 Å². The Labute approximate surface area is 126 Å². The van der Waals surface area contributed by atoms with Crippen LogP contribution in [-0.4, -0.2) is 28.8 Å². The van der Waals surface area contributed by atoms with Crippen LogP contribution in [0.15, 0.2) is 30.3 Å². The summed E-state index contributed by atoms with van der Waals surface area (Å²) in [5.74, 6) is 0.380. The average Bonchev–Trinajstić information content (AvgIpc) is 2.42. The first kappa shape index (κ1) is 15.5. The minimum atomic E-state index is -0.524. The molecule has 4 nitrogen and oxygen atoms in total. The van der Waals surface area contributed by atoms with Gasteiger partial charge in [0.2, 0.25) is 11.8 Å². The van der Waals surface area contributed by atoms with E-state index in [0.717, 1.165) is 12.0 Å². The summed E-state index contributed by atoms with van der Waals surface area (Å²) < 4.78 is 0. The van der Waals surface area contributed by atoms with Crippen molar-refractivity contribution in [3.63, 3.8) is 0 Å². The van der Waals surface area contributed by atoms with Crippen molar-refractivity contribution in [3.8, 4) is 0 Å². The Kier molecular flexibility index (Phi) is 4.66. The van der Waals surface area contributed by atoms with E-state index >= 15 is 0 Å². The van der Waals surface area contributed by atoms with E-state index in [4.69, 9.17) is 0 Å². The number of piperazine rings is 1.